The van der Waals surface area contributed by atoms with Crippen molar-refractivity contribution < 1.29 is 45.5 Å². The van der Waals surface area contributed by atoms with E-state index in [1.807, 2.05) is 0 Å². The van der Waals surface area contributed by atoms with E-state index in [0.717, 1.165) is 47.6 Å². The predicted octanol–water partition coefficient (Wildman–Crippen LogP) is 8.56. The molecule has 3 fully saturated rings. The highest BCUT2D eigenvalue weighted by atomic mass is 35.5. The second-order valence-corrected chi connectivity index (χ2v) is 20.9. The van der Waals surface area contributed by atoms with Crippen molar-refractivity contribution in [1.82, 2.24) is 24.5 Å². The molecule has 9 rings (SSSR count). The van der Waals surface area contributed by atoms with Gasteiger partial charge in [-0.05, 0) is 84.3 Å². The van der Waals surface area contributed by atoms with Gasteiger partial charge >= 0.3 is 6.18 Å². The normalized spacial score (nSPS) is 19.6. The minimum atomic E-state index is -4.64. The standard InChI is InChI=1S/C48H52ClF3N8O8S/c1-47(2)11-9-32(40(21-47)38-6-3-33(18-41(38)49)48(50,51)52)25-57-13-15-58(16-14-57)34-4-7-39(44(19-34)68-36-17-31-10-12-53-45(31)55-23-36)46(61)56-69(64,65)37-5-8-42(43(20-37)60(62)63)54-22-30-24-59(29-67-26-30)35-27-66-28-35/h3-8,10,12,17-20,23,30,35,54H,9,11,13-16,21-22,24-29H2,1-2H3,(H,53,55)(H,56,61). The Kier molecular flexibility index (Phi) is 13.7. The molecular formula is C48H52ClF3N8O8S. The quantitative estimate of drug-likeness (QED) is 0.0711. The molecule has 1 unspecified atom stereocenters. The Morgan fingerprint density at radius 2 is 1.83 bits per heavy atom. The predicted molar refractivity (Wildman–Crippen MR) is 254 cm³/mol. The minimum Gasteiger partial charge on any atom is -0.455 e. The number of nitrogens with zero attached hydrogens (tertiary/aromatic N) is 5. The van der Waals surface area contributed by atoms with E-state index < -0.39 is 43.2 Å². The first kappa shape index (κ1) is 48.3. The fourth-order valence-electron chi connectivity index (χ4n) is 9.30. The molecular weight excluding hydrogens is 941 g/mol. The summed E-state index contributed by atoms with van der Waals surface area (Å²) in [7, 11) is -4.64. The average Bonchev–Trinajstić information content (AvgIpc) is 3.76. The second kappa shape index (κ2) is 19.6. The third kappa shape index (κ3) is 11.0. The molecule has 1 aliphatic carbocycles. The molecule has 69 heavy (non-hydrogen) atoms. The van der Waals surface area contributed by atoms with Gasteiger partial charge in [0.15, 0.2) is 0 Å². The summed E-state index contributed by atoms with van der Waals surface area (Å²) < 4.78 is 87.5. The van der Waals surface area contributed by atoms with E-state index in [0.29, 0.717) is 95.7 Å². The van der Waals surface area contributed by atoms with E-state index in [1.54, 1.807) is 30.5 Å². The van der Waals surface area contributed by atoms with Crippen molar-refractivity contribution in [3.05, 3.63) is 117 Å². The fraction of sp³-hybridized carbons (Fsp3) is 0.417. The number of aromatic nitrogens is 2. The van der Waals surface area contributed by atoms with Crippen LogP contribution in [0, 0.1) is 21.4 Å². The number of carbonyl (C=O) groups excluding carboxylic acids is 1. The molecule has 3 aliphatic heterocycles. The highest BCUT2D eigenvalue weighted by molar-refractivity contribution is 7.90. The highest BCUT2D eigenvalue weighted by Crippen LogP contribution is 2.46. The Labute approximate surface area is 401 Å². The summed E-state index contributed by atoms with van der Waals surface area (Å²) in [5.74, 6) is -0.661. The van der Waals surface area contributed by atoms with Crippen LogP contribution in [0.3, 0.4) is 0 Å². The van der Waals surface area contributed by atoms with Crippen molar-refractivity contribution in [2.75, 3.05) is 82.6 Å². The van der Waals surface area contributed by atoms with Gasteiger partial charge in [0, 0.05) is 86.2 Å². The number of H-pyrrole nitrogens is 1. The van der Waals surface area contributed by atoms with E-state index in [-0.39, 0.29) is 45.1 Å². The number of nitrogens with one attached hydrogen (secondary N) is 3. The maximum atomic E-state index is 14.0. The van der Waals surface area contributed by atoms with Crippen molar-refractivity contribution in [2.24, 2.45) is 11.3 Å². The topological polar surface area (TPSA) is 184 Å². The van der Waals surface area contributed by atoms with Crippen LogP contribution in [0.2, 0.25) is 5.02 Å². The number of hydrogen-bond acceptors (Lipinski definition) is 13. The summed E-state index contributed by atoms with van der Waals surface area (Å²) in [5, 5.41) is 16.2. The first-order chi connectivity index (χ1) is 32.9. The number of carbonyl (C=O) groups is 1. The number of pyridine rings is 1. The molecule has 0 saturated carbocycles. The summed E-state index contributed by atoms with van der Waals surface area (Å²) in [6.45, 7) is 10.6. The molecule has 0 bridgehead atoms. The molecule has 5 aromatic rings. The first-order valence-electron chi connectivity index (χ1n) is 22.7. The third-order valence-electron chi connectivity index (χ3n) is 13.3. The van der Waals surface area contributed by atoms with Gasteiger partial charge in [-0.15, -0.1) is 0 Å². The van der Waals surface area contributed by atoms with E-state index in [9.17, 15) is 36.5 Å². The molecule has 16 nitrogen and oxygen atoms in total. The van der Waals surface area contributed by atoms with Crippen LogP contribution < -0.4 is 19.7 Å². The van der Waals surface area contributed by atoms with Gasteiger partial charge in [-0.2, -0.15) is 13.2 Å². The van der Waals surface area contributed by atoms with Gasteiger partial charge in [0.2, 0.25) is 0 Å². The lowest BCUT2D eigenvalue weighted by Gasteiger charge is -2.41. The fourth-order valence-corrected chi connectivity index (χ4v) is 10.6. The van der Waals surface area contributed by atoms with Crippen LogP contribution in [0.1, 0.15) is 54.6 Å². The van der Waals surface area contributed by atoms with Crippen LogP contribution in [-0.4, -0.2) is 117 Å². The molecule has 366 valence electrons. The van der Waals surface area contributed by atoms with Gasteiger partial charge in [-0.1, -0.05) is 37.1 Å². The number of fused-ring (bicyclic) bond motifs is 1. The Balaban J connectivity index is 0.912. The number of halogens is 4. The number of anilines is 2. The lowest BCUT2D eigenvalue weighted by molar-refractivity contribution is -0.384. The number of aromatic amines is 1. The molecule has 4 aliphatic rings. The zero-order chi connectivity index (χ0) is 48.7. The van der Waals surface area contributed by atoms with Gasteiger partial charge in [-0.3, -0.25) is 24.7 Å². The van der Waals surface area contributed by atoms with Gasteiger partial charge in [0.1, 0.15) is 22.8 Å². The van der Waals surface area contributed by atoms with Crippen LogP contribution in [-0.2, 0) is 25.7 Å². The number of nitro benzene ring substituents is 1. The first-order valence-corrected chi connectivity index (χ1v) is 24.5. The number of nitro groups is 1. The average molecular weight is 994 g/mol. The molecule has 5 heterocycles. The number of alkyl halides is 3. The monoisotopic (exact) mass is 992 g/mol. The SMILES string of the molecule is CC1(C)CCC(CN2CCN(c3ccc(C(=O)NS(=O)(=O)c4ccc(NCC5COCN(C6COC6)C5)c([N+](=O)[O-])c4)c(Oc4cnc5[nH]ccc5c4)c3)CC2)=C(c2ccc(C(F)(F)F)cc2Cl)C1. The lowest BCUT2D eigenvalue weighted by atomic mass is 9.72. The molecule has 3 N–H and O–H groups in total. The Hall–Kier alpha value is -5.77. The van der Waals surface area contributed by atoms with Gasteiger partial charge in [0.05, 0.1) is 59.7 Å². The zero-order valence-corrected chi connectivity index (χ0v) is 39.6. The number of hydrogen-bond donors (Lipinski definition) is 3. The summed E-state index contributed by atoms with van der Waals surface area (Å²) in [6.07, 6.45) is 1.10. The van der Waals surface area contributed by atoms with Gasteiger partial charge < -0.3 is 29.4 Å². The minimum absolute atomic E-state index is 0.0205. The summed E-state index contributed by atoms with van der Waals surface area (Å²) in [6, 6.07) is 15.7. The highest BCUT2D eigenvalue weighted by Gasteiger charge is 2.35. The molecule has 1 atom stereocenters. The van der Waals surface area contributed by atoms with E-state index in [4.69, 9.17) is 25.8 Å². The van der Waals surface area contributed by atoms with Crippen molar-refractivity contribution in [1.29, 1.82) is 0 Å². The Morgan fingerprint density at radius 3 is 2.55 bits per heavy atom. The number of benzene rings is 3. The largest absolute Gasteiger partial charge is 0.455 e. The Bertz CT molecular complexity index is 2900. The van der Waals surface area contributed by atoms with Crippen molar-refractivity contribution >= 4 is 61.2 Å². The smallest absolute Gasteiger partial charge is 0.416 e. The number of sulfonamides is 1. The van der Waals surface area contributed by atoms with Crippen molar-refractivity contribution in [2.45, 2.75) is 50.2 Å². The number of rotatable bonds is 14. The van der Waals surface area contributed by atoms with Crippen LogP contribution in [0.15, 0.2) is 89.6 Å². The number of piperazine rings is 1. The summed E-state index contributed by atoms with van der Waals surface area (Å²) >= 11 is 6.54. The number of amides is 1. The maximum absolute atomic E-state index is 14.0. The molecule has 0 spiro atoms. The second-order valence-electron chi connectivity index (χ2n) is 18.8. The molecule has 0 radical (unpaired) electrons. The summed E-state index contributed by atoms with van der Waals surface area (Å²) in [4.78, 5) is 39.1. The number of ether oxygens (including phenoxy) is 3. The van der Waals surface area contributed by atoms with Crippen LogP contribution in [0.4, 0.5) is 30.2 Å². The van der Waals surface area contributed by atoms with Crippen molar-refractivity contribution in [3.63, 3.8) is 0 Å². The Morgan fingerprint density at radius 1 is 1.03 bits per heavy atom. The lowest BCUT2D eigenvalue weighted by Crippen LogP contribution is -2.54. The maximum Gasteiger partial charge on any atom is 0.416 e. The van der Waals surface area contributed by atoms with Crippen LogP contribution in [0.5, 0.6) is 11.5 Å². The van der Waals surface area contributed by atoms with E-state index in [1.165, 1.54) is 30.5 Å². The molecule has 21 heteroatoms. The van der Waals surface area contributed by atoms with Crippen LogP contribution in [0.25, 0.3) is 16.6 Å². The van der Waals surface area contributed by atoms with Crippen molar-refractivity contribution in [3.8, 4) is 11.5 Å². The summed E-state index contributed by atoms with van der Waals surface area (Å²) in [5.41, 5.74) is 2.78. The van der Waals surface area contributed by atoms with E-state index in [2.05, 4.69) is 48.6 Å². The zero-order valence-electron chi connectivity index (χ0n) is 38.0. The molecule has 1 amide bonds. The van der Waals surface area contributed by atoms with Gasteiger partial charge in [0.25, 0.3) is 21.6 Å². The third-order valence-corrected chi connectivity index (χ3v) is 14.9. The van der Waals surface area contributed by atoms with Crippen LogP contribution >= 0.6 is 11.6 Å². The molecule has 2 aromatic heterocycles. The molecule has 3 saturated heterocycles. The van der Waals surface area contributed by atoms with E-state index >= 15 is 0 Å². The van der Waals surface area contributed by atoms with Gasteiger partial charge in [-0.25, -0.2) is 18.1 Å². The molecule has 3 aromatic carbocycles. The number of allylic oxidation sites excluding steroid dienone is 1.